The Morgan fingerprint density at radius 1 is 1.41 bits per heavy atom. The van der Waals surface area contributed by atoms with Crippen LogP contribution in [0.5, 0.6) is 0 Å². The first-order valence-electron chi connectivity index (χ1n) is 4.93. The summed E-state index contributed by atoms with van der Waals surface area (Å²) in [6.07, 6.45) is -0.191. The highest BCUT2D eigenvalue weighted by molar-refractivity contribution is 9.10. The summed E-state index contributed by atoms with van der Waals surface area (Å²) in [5.41, 5.74) is 0.622. The van der Waals surface area contributed by atoms with Gasteiger partial charge in [0.05, 0.1) is 11.1 Å². The molecular formula is C12H9BrClFOS. The third-order valence-corrected chi connectivity index (χ3v) is 4.64. The van der Waals surface area contributed by atoms with E-state index in [0.29, 0.717) is 12.0 Å². The topological polar surface area (TPSA) is 20.2 Å². The Balaban J connectivity index is 2.17. The maximum absolute atomic E-state index is 13.0. The van der Waals surface area contributed by atoms with Crippen LogP contribution in [0.3, 0.4) is 0 Å². The molecular weight excluding hydrogens is 327 g/mol. The average molecular weight is 336 g/mol. The minimum atomic E-state index is -0.678. The van der Waals surface area contributed by atoms with Crippen LogP contribution in [-0.4, -0.2) is 5.11 Å². The molecule has 2 rings (SSSR count). The first-order chi connectivity index (χ1) is 8.08. The summed E-state index contributed by atoms with van der Waals surface area (Å²) >= 11 is 10.7. The molecule has 1 aromatic heterocycles. The van der Waals surface area contributed by atoms with Crippen LogP contribution in [0.25, 0.3) is 0 Å². The van der Waals surface area contributed by atoms with Crippen LogP contribution in [0.4, 0.5) is 4.39 Å². The van der Waals surface area contributed by atoms with Crippen molar-refractivity contribution in [2.45, 2.75) is 12.5 Å². The quantitative estimate of drug-likeness (QED) is 0.870. The second kappa shape index (κ2) is 5.48. The molecule has 0 aliphatic heterocycles. The molecule has 0 aliphatic rings. The van der Waals surface area contributed by atoms with Crippen LogP contribution in [0.2, 0.25) is 5.02 Å². The number of aliphatic hydroxyl groups excluding tert-OH is 1. The highest BCUT2D eigenvalue weighted by Gasteiger charge is 2.13. The van der Waals surface area contributed by atoms with Gasteiger partial charge in [-0.15, -0.1) is 11.3 Å². The molecule has 0 radical (unpaired) electrons. The van der Waals surface area contributed by atoms with Crippen LogP contribution in [0, 0.1) is 5.82 Å². The molecule has 0 spiro atoms. The van der Waals surface area contributed by atoms with Crippen LogP contribution in [0.1, 0.15) is 16.5 Å². The first kappa shape index (κ1) is 13.0. The SMILES string of the molecule is OC(Cc1sccc1Br)c1ccc(F)c(Cl)c1. The van der Waals surface area contributed by atoms with E-state index in [0.717, 1.165) is 9.35 Å². The molecule has 90 valence electrons. The molecule has 17 heavy (non-hydrogen) atoms. The standard InChI is InChI=1S/C12H9BrClFOS/c13-8-3-4-17-12(8)6-11(16)7-1-2-10(15)9(14)5-7/h1-5,11,16H,6H2. The number of thiophene rings is 1. The molecule has 5 heteroatoms. The molecule has 0 saturated heterocycles. The summed E-state index contributed by atoms with van der Waals surface area (Å²) in [6.45, 7) is 0. The monoisotopic (exact) mass is 334 g/mol. The van der Waals surface area contributed by atoms with Crippen LogP contribution in [-0.2, 0) is 6.42 Å². The zero-order chi connectivity index (χ0) is 12.4. The van der Waals surface area contributed by atoms with Crippen LogP contribution in [0.15, 0.2) is 34.1 Å². The van der Waals surface area contributed by atoms with E-state index in [2.05, 4.69) is 15.9 Å². The van der Waals surface area contributed by atoms with Crippen molar-refractivity contribution in [2.75, 3.05) is 0 Å². The molecule has 1 N–H and O–H groups in total. The largest absolute Gasteiger partial charge is 0.388 e. The normalized spacial score (nSPS) is 12.7. The van der Waals surface area contributed by atoms with Gasteiger partial charge in [0.1, 0.15) is 5.82 Å². The molecule has 0 fully saturated rings. The lowest BCUT2D eigenvalue weighted by Gasteiger charge is -2.10. The summed E-state index contributed by atoms with van der Waals surface area (Å²) in [5.74, 6) is -0.472. The second-order valence-corrected chi connectivity index (χ2v) is 5.85. The first-order valence-corrected chi connectivity index (χ1v) is 6.98. The molecule has 1 unspecified atom stereocenters. The van der Waals surface area contributed by atoms with Crippen molar-refractivity contribution >= 4 is 38.9 Å². The Morgan fingerprint density at radius 3 is 2.76 bits per heavy atom. The zero-order valence-electron chi connectivity index (χ0n) is 8.66. The molecule has 1 atom stereocenters. The van der Waals surface area contributed by atoms with Crippen molar-refractivity contribution in [1.82, 2.24) is 0 Å². The van der Waals surface area contributed by atoms with Crippen molar-refractivity contribution in [2.24, 2.45) is 0 Å². The maximum atomic E-state index is 13.0. The van der Waals surface area contributed by atoms with Gasteiger partial charge in [0.2, 0.25) is 0 Å². The van der Waals surface area contributed by atoms with Crippen molar-refractivity contribution in [3.05, 3.63) is 55.4 Å². The average Bonchev–Trinajstić information content (AvgIpc) is 2.68. The lowest BCUT2D eigenvalue weighted by Crippen LogP contribution is -2.01. The van der Waals surface area contributed by atoms with Gasteiger partial charge in [0, 0.05) is 15.8 Å². The van der Waals surface area contributed by atoms with Gasteiger partial charge in [-0.25, -0.2) is 4.39 Å². The molecule has 0 bridgehead atoms. The fraction of sp³-hybridized carbons (Fsp3) is 0.167. The Morgan fingerprint density at radius 2 is 2.18 bits per heavy atom. The second-order valence-electron chi connectivity index (χ2n) is 3.59. The summed E-state index contributed by atoms with van der Waals surface area (Å²) in [7, 11) is 0. The third-order valence-electron chi connectivity index (χ3n) is 2.40. The van der Waals surface area contributed by atoms with E-state index in [4.69, 9.17) is 11.6 Å². The minimum Gasteiger partial charge on any atom is -0.388 e. The van der Waals surface area contributed by atoms with Gasteiger partial charge in [0.15, 0.2) is 0 Å². The van der Waals surface area contributed by atoms with E-state index >= 15 is 0 Å². The molecule has 1 aromatic carbocycles. The van der Waals surface area contributed by atoms with Crippen LogP contribution < -0.4 is 0 Å². The van der Waals surface area contributed by atoms with E-state index in [9.17, 15) is 9.50 Å². The molecule has 2 aromatic rings. The Hall–Kier alpha value is -0.420. The predicted octanol–water partition coefficient (Wildman–Crippen LogP) is 4.58. The number of hydrogen-bond acceptors (Lipinski definition) is 2. The predicted molar refractivity (Wildman–Crippen MR) is 72.1 cm³/mol. The number of aliphatic hydroxyl groups is 1. The number of rotatable bonds is 3. The smallest absolute Gasteiger partial charge is 0.141 e. The van der Waals surface area contributed by atoms with Gasteiger partial charge in [-0.05, 0) is 45.1 Å². The van der Waals surface area contributed by atoms with E-state index in [1.807, 2.05) is 11.4 Å². The number of halogens is 3. The van der Waals surface area contributed by atoms with Gasteiger partial charge in [-0.2, -0.15) is 0 Å². The van der Waals surface area contributed by atoms with Gasteiger partial charge in [-0.3, -0.25) is 0 Å². The number of benzene rings is 1. The van der Waals surface area contributed by atoms with Gasteiger partial charge in [-0.1, -0.05) is 17.7 Å². The fourth-order valence-electron chi connectivity index (χ4n) is 1.48. The van der Waals surface area contributed by atoms with Crippen LogP contribution >= 0.6 is 38.9 Å². The molecule has 0 saturated carbocycles. The zero-order valence-corrected chi connectivity index (χ0v) is 11.8. The highest BCUT2D eigenvalue weighted by atomic mass is 79.9. The van der Waals surface area contributed by atoms with Gasteiger partial charge < -0.3 is 5.11 Å². The molecule has 1 nitrogen and oxygen atoms in total. The van der Waals surface area contributed by atoms with Gasteiger partial charge in [0.25, 0.3) is 0 Å². The minimum absolute atomic E-state index is 0.0341. The Bertz CT molecular complexity index is 529. The maximum Gasteiger partial charge on any atom is 0.141 e. The Kier molecular flexibility index (Phi) is 4.20. The molecule has 0 amide bonds. The molecule has 1 heterocycles. The van der Waals surface area contributed by atoms with Crippen molar-refractivity contribution in [3.63, 3.8) is 0 Å². The van der Waals surface area contributed by atoms with E-state index in [1.165, 1.54) is 12.1 Å². The fourth-order valence-corrected chi connectivity index (χ4v) is 3.23. The summed E-state index contributed by atoms with van der Waals surface area (Å²) in [5, 5.41) is 12.0. The van der Waals surface area contributed by atoms with E-state index < -0.39 is 11.9 Å². The van der Waals surface area contributed by atoms with Crippen molar-refractivity contribution in [1.29, 1.82) is 0 Å². The van der Waals surface area contributed by atoms with Gasteiger partial charge >= 0.3 is 0 Å². The number of hydrogen-bond donors (Lipinski definition) is 1. The molecule has 0 aliphatic carbocycles. The van der Waals surface area contributed by atoms with E-state index in [-0.39, 0.29) is 5.02 Å². The lowest BCUT2D eigenvalue weighted by atomic mass is 10.1. The van der Waals surface area contributed by atoms with Crippen molar-refractivity contribution < 1.29 is 9.50 Å². The van der Waals surface area contributed by atoms with Crippen molar-refractivity contribution in [3.8, 4) is 0 Å². The Labute approximate surface area is 116 Å². The summed E-state index contributed by atoms with van der Waals surface area (Å²) < 4.78 is 14.0. The third kappa shape index (κ3) is 3.07. The highest BCUT2D eigenvalue weighted by Crippen LogP contribution is 2.29. The summed E-state index contributed by atoms with van der Waals surface area (Å²) in [6, 6.07) is 6.21. The lowest BCUT2D eigenvalue weighted by molar-refractivity contribution is 0.179. The summed E-state index contributed by atoms with van der Waals surface area (Å²) in [4.78, 5) is 1.05. The van der Waals surface area contributed by atoms with E-state index in [1.54, 1.807) is 17.4 Å².